The smallest absolute Gasteiger partial charge is 0.264 e. The van der Waals surface area contributed by atoms with E-state index in [4.69, 9.17) is 4.74 Å². The van der Waals surface area contributed by atoms with E-state index in [1.807, 2.05) is 24.3 Å². The summed E-state index contributed by atoms with van der Waals surface area (Å²) in [6.07, 6.45) is 1.65. The number of hydrogen-bond donors (Lipinski definition) is 0. The number of para-hydroxylation sites is 1. The lowest BCUT2D eigenvalue weighted by molar-refractivity contribution is -0.120. The molecule has 0 spiro atoms. The van der Waals surface area contributed by atoms with Crippen molar-refractivity contribution in [1.82, 2.24) is 0 Å². The summed E-state index contributed by atoms with van der Waals surface area (Å²) in [5, 5.41) is 0.452. The van der Waals surface area contributed by atoms with Gasteiger partial charge in [0.05, 0.1) is 11.3 Å². The van der Waals surface area contributed by atoms with Crippen LogP contribution in [0.5, 0.6) is 5.75 Å². The standard InChI is InChI=1S/C19H18BrNO3S/c1-13-8-9-21(16-4-2-3-5-18(16)25-13)19(23)12-24-17-7-6-15(20)10-14(17)11-22/h2-7,10-11,13H,8-9,12H2,1H3. The minimum atomic E-state index is -0.109. The predicted octanol–water partition coefficient (Wildman–Crippen LogP) is 4.56. The zero-order valence-corrected chi connectivity index (χ0v) is 16.2. The van der Waals surface area contributed by atoms with E-state index in [0.29, 0.717) is 23.1 Å². The lowest BCUT2D eigenvalue weighted by Gasteiger charge is -2.22. The Hall–Kier alpha value is -1.79. The molecule has 2 aromatic carbocycles. The van der Waals surface area contributed by atoms with Gasteiger partial charge >= 0.3 is 0 Å². The van der Waals surface area contributed by atoms with E-state index in [9.17, 15) is 9.59 Å². The molecule has 1 atom stereocenters. The van der Waals surface area contributed by atoms with Crippen LogP contribution in [0, 0.1) is 0 Å². The second-order valence-corrected chi connectivity index (χ2v) is 8.21. The van der Waals surface area contributed by atoms with Crippen LogP contribution in [-0.4, -0.2) is 30.6 Å². The summed E-state index contributed by atoms with van der Waals surface area (Å²) < 4.78 is 6.42. The van der Waals surface area contributed by atoms with Crippen molar-refractivity contribution in [1.29, 1.82) is 0 Å². The van der Waals surface area contributed by atoms with Crippen LogP contribution in [-0.2, 0) is 4.79 Å². The van der Waals surface area contributed by atoms with Crippen molar-refractivity contribution < 1.29 is 14.3 Å². The Kier molecular flexibility index (Phi) is 5.81. The molecule has 4 nitrogen and oxygen atoms in total. The monoisotopic (exact) mass is 419 g/mol. The Morgan fingerprint density at radius 2 is 2.16 bits per heavy atom. The Labute approximate surface area is 159 Å². The highest BCUT2D eigenvalue weighted by Gasteiger charge is 2.24. The zero-order valence-electron chi connectivity index (χ0n) is 13.8. The summed E-state index contributed by atoms with van der Waals surface area (Å²) in [5.74, 6) is 0.305. The van der Waals surface area contributed by atoms with Gasteiger partial charge in [-0.1, -0.05) is 35.0 Å². The molecule has 6 heteroatoms. The van der Waals surface area contributed by atoms with E-state index in [2.05, 4.69) is 22.9 Å². The number of ether oxygens (including phenoxy) is 1. The number of rotatable bonds is 4. The summed E-state index contributed by atoms with van der Waals surface area (Å²) in [6.45, 7) is 2.73. The molecule has 3 rings (SSSR count). The van der Waals surface area contributed by atoms with Crippen LogP contribution in [0.25, 0.3) is 0 Å². The second-order valence-electron chi connectivity index (χ2n) is 5.82. The van der Waals surface area contributed by atoms with Gasteiger partial charge in [-0.05, 0) is 36.8 Å². The molecule has 0 aromatic heterocycles. The number of carbonyl (C=O) groups is 2. The van der Waals surface area contributed by atoms with Gasteiger partial charge < -0.3 is 9.64 Å². The fraction of sp³-hybridized carbons (Fsp3) is 0.263. The molecule has 1 amide bonds. The predicted molar refractivity (Wildman–Crippen MR) is 104 cm³/mol. The van der Waals surface area contributed by atoms with Gasteiger partial charge in [0, 0.05) is 21.2 Å². The van der Waals surface area contributed by atoms with E-state index in [-0.39, 0.29) is 12.5 Å². The van der Waals surface area contributed by atoms with Crippen LogP contribution in [0.1, 0.15) is 23.7 Å². The molecular formula is C19H18BrNO3S. The average Bonchev–Trinajstić information content (AvgIpc) is 2.78. The third-order valence-electron chi connectivity index (χ3n) is 3.99. The molecule has 0 fully saturated rings. The highest BCUT2D eigenvalue weighted by Crippen LogP contribution is 2.37. The summed E-state index contributed by atoms with van der Waals surface area (Å²) in [7, 11) is 0. The highest BCUT2D eigenvalue weighted by atomic mass is 79.9. The maximum atomic E-state index is 12.8. The first-order valence-electron chi connectivity index (χ1n) is 8.02. The molecule has 0 saturated heterocycles. The molecule has 0 N–H and O–H groups in total. The molecule has 1 unspecified atom stereocenters. The van der Waals surface area contributed by atoms with Crippen molar-refractivity contribution in [3.05, 3.63) is 52.5 Å². The largest absolute Gasteiger partial charge is 0.483 e. The molecule has 2 aromatic rings. The van der Waals surface area contributed by atoms with Gasteiger partial charge in [0.15, 0.2) is 12.9 Å². The normalized spacial score (nSPS) is 16.7. The molecule has 0 saturated carbocycles. The number of carbonyl (C=O) groups excluding carboxylic acids is 2. The quantitative estimate of drug-likeness (QED) is 0.681. The summed E-state index contributed by atoms with van der Waals surface area (Å²) in [4.78, 5) is 26.8. The Morgan fingerprint density at radius 3 is 2.96 bits per heavy atom. The van der Waals surface area contributed by atoms with E-state index >= 15 is 0 Å². The number of nitrogens with zero attached hydrogens (tertiary/aromatic N) is 1. The number of thioether (sulfide) groups is 1. The van der Waals surface area contributed by atoms with Gasteiger partial charge in [0.1, 0.15) is 5.75 Å². The van der Waals surface area contributed by atoms with Crippen molar-refractivity contribution >= 4 is 45.6 Å². The molecular weight excluding hydrogens is 402 g/mol. The maximum Gasteiger partial charge on any atom is 0.264 e. The number of anilines is 1. The van der Waals surface area contributed by atoms with E-state index in [0.717, 1.165) is 27.8 Å². The molecule has 0 radical (unpaired) electrons. The highest BCUT2D eigenvalue weighted by molar-refractivity contribution is 9.10. The Bertz CT molecular complexity index is 796. The molecule has 1 aliphatic heterocycles. The summed E-state index contributed by atoms with van der Waals surface area (Å²) in [6, 6.07) is 13.1. The molecule has 1 heterocycles. The summed E-state index contributed by atoms with van der Waals surface area (Å²) >= 11 is 5.11. The fourth-order valence-electron chi connectivity index (χ4n) is 2.71. The van der Waals surface area contributed by atoms with Crippen LogP contribution in [0.4, 0.5) is 5.69 Å². The number of aldehydes is 1. The van der Waals surface area contributed by atoms with Crippen molar-refractivity contribution in [2.24, 2.45) is 0 Å². The van der Waals surface area contributed by atoms with E-state index < -0.39 is 0 Å². The maximum absolute atomic E-state index is 12.8. The van der Waals surface area contributed by atoms with Crippen molar-refractivity contribution in [3.8, 4) is 5.75 Å². The number of fused-ring (bicyclic) bond motifs is 1. The first kappa shape index (κ1) is 18.0. The number of hydrogen-bond acceptors (Lipinski definition) is 4. The van der Waals surface area contributed by atoms with Crippen molar-refractivity contribution in [3.63, 3.8) is 0 Å². The summed E-state index contributed by atoms with van der Waals surface area (Å²) in [5.41, 5.74) is 1.35. The van der Waals surface area contributed by atoms with Gasteiger partial charge in [0.2, 0.25) is 0 Å². The SMILES string of the molecule is CC1CCN(C(=O)COc2ccc(Br)cc2C=O)c2ccccc2S1. The minimum Gasteiger partial charge on any atom is -0.483 e. The van der Waals surface area contributed by atoms with Crippen LogP contribution in [0.3, 0.4) is 0 Å². The molecule has 1 aliphatic rings. The topological polar surface area (TPSA) is 46.6 Å². The Balaban J connectivity index is 1.76. The minimum absolute atomic E-state index is 0.101. The third kappa shape index (κ3) is 4.25. The lowest BCUT2D eigenvalue weighted by Crippen LogP contribution is -2.36. The first-order chi connectivity index (χ1) is 12.1. The fourth-order valence-corrected chi connectivity index (χ4v) is 4.20. The van der Waals surface area contributed by atoms with Crippen molar-refractivity contribution in [2.45, 2.75) is 23.5 Å². The first-order valence-corrected chi connectivity index (χ1v) is 9.69. The number of amides is 1. The van der Waals surface area contributed by atoms with Gasteiger partial charge in [0.25, 0.3) is 5.91 Å². The van der Waals surface area contributed by atoms with Gasteiger partial charge in [-0.2, -0.15) is 0 Å². The average molecular weight is 420 g/mol. The molecule has 130 valence electrons. The van der Waals surface area contributed by atoms with Gasteiger partial charge in [-0.15, -0.1) is 11.8 Å². The molecule has 0 aliphatic carbocycles. The van der Waals surface area contributed by atoms with E-state index in [1.165, 1.54) is 0 Å². The van der Waals surface area contributed by atoms with Crippen molar-refractivity contribution in [2.75, 3.05) is 18.1 Å². The molecule has 0 bridgehead atoms. The Morgan fingerprint density at radius 1 is 1.36 bits per heavy atom. The lowest BCUT2D eigenvalue weighted by atomic mass is 10.2. The van der Waals surface area contributed by atoms with Gasteiger partial charge in [-0.3, -0.25) is 9.59 Å². The van der Waals surface area contributed by atoms with Crippen LogP contribution >= 0.6 is 27.7 Å². The zero-order chi connectivity index (χ0) is 17.8. The van der Waals surface area contributed by atoms with Crippen LogP contribution < -0.4 is 9.64 Å². The number of benzene rings is 2. The van der Waals surface area contributed by atoms with Gasteiger partial charge in [-0.25, -0.2) is 0 Å². The second kappa shape index (κ2) is 8.06. The van der Waals surface area contributed by atoms with Crippen LogP contribution in [0.2, 0.25) is 0 Å². The molecule has 25 heavy (non-hydrogen) atoms. The van der Waals surface area contributed by atoms with E-state index in [1.54, 1.807) is 34.9 Å². The number of halogens is 1. The van der Waals surface area contributed by atoms with Crippen LogP contribution in [0.15, 0.2) is 51.8 Å². The third-order valence-corrected chi connectivity index (χ3v) is 5.72.